The fourth-order valence-electron chi connectivity index (χ4n) is 1.25. The molecule has 0 radical (unpaired) electrons. The van der Waals surface area contributed by atoms with Crippen molar-refractivity contribution < 1.29 is 4.79 Å². The smallest absolute Gasteiger partial charge is 0.250 e. The molecule has 68 valence electrons. The first-order chi connectivity index (χ1) is 6.18. The number of thiophene rings is 1. The van der Waals surface area contributed by atoms with Gasteiger partial charge in [0.05, 0.1) is 0 Å². The van der Waals surface area contributed by atoms with Crippen LogP contribution in [0.1, 0.15) is 18.1 Å². The minimum Gasteiger partial charge on any atom is -0.309 e. The van der Waals surface area contributed by atoms with Crippen LogP contribution in [0.2, 0.25) is 0 Å². The highest BCUT2D eigenvalue weighted by Crippen LogP contribution is 2.16. The maximum absolute atomic E-state index is 11.2. The summed E-state index contributed by atoms with van der Waals surface area (Å²) in [6, 6.07) is -0.241. The quantitative estimate of drug-likeness (QED) is 0.719. The zero-order valence-corrected chi connectivity index (χ0v) is 8.31. The van der Waals surface area contributed by atoms with Crippen LogP contribution in [0.4, 0.5) is 0 Å². The number of hydrogen-bond acceptors (Lipinski definition) is 3. The Balaban J connectivity index is 2.35. The Labute approximate surface area is 80.5 Å². The van der Waals surface area contributed by atoms with Crippen LogP contribution in [0.3, 0.4) is 0 Å². The molecule has 1 aliphatic rings. The lowest BCUT2D eigenvalue weighted by Gasteiger charge is -1.98. The average molecular weight is 194 g/mol. The van der Waals surface area contributed by atoms with Gasteiger partial charge in [0, 0.05) is 10.9 Å². The number of aryl methyl sites for hydroxylation is 1. The molecular weight excluding hydrogens is 184 g/mol. The second-order valence-electron chi connectivity index (χ2n) is 3.11. The topological polar surface area (TPSA) is 41.5 Å². The number of amides is 1. The van der Waals surface area contributed by atoms with Gasteiger partial charge in [-0.1, -0.05) is 0 Å². The van der Waals surface area contributed by atoms with Gasteiger partial charge in [-0.15, -0.1) is 0 Å². The minimum atomic E-state index is -0.241. The van der Waals surface area contributed by atoms with Crippen LogP contribution in [-0.4, -0.2) is 17.8 Å². The average Bonchev–Trinajstić information content (AvgIpc) is 2.60. The van der Waals surface area contributed by atoms with Crippen molar-refractivity contribution in [1.29, 1.82) is 0 Å². The van der Waals surface area contributed by atoms with Gasteiger partial charge in [0.1, 0.15) is 11.9 Å². The van der Waals surface area contributed by atoms with Gasteiger partial charge in [-0.25, -0.2) is 0 Å². The molecule has 0 fully saturated rings. The summed E-state index contributed by atoms with van der Waals surface area (Å²) in [7, 11) is 0. The van der Waals surface area contributed by atoms with E-state index in [1.807, 2.05) is 17.7 Å². The van der Waals surface area contributed by atoms with E-state index in [9.17, 15) is 4.79 Å². The van der Waals surface area contributed by atoms with Crippen LogP contribution in [0, 0.1) is 6.92 Å². The van der Waals surface area contributed by atoms with Gasteiger partial charge >= 0.3 is 0 Å². The first-order valence-corrected chi connectivity index (χ1v) is 5.04. The van der Waals surface area contributed by atoms with E-state index in [1.54, 1.807) is 18.3 Å². The third kappa shape index (κ3) is 1.37. The van der Waals surface area contributed by atoms with Crippen molar-refractivity contribution in [2.45, 2.75) is 19.9 Å². The van der Waals surface area contributed by atoms with Crippen molar-refractivity contribution in [1.82, 2.24) is 5.32 Å². The molecule has 2 rings (SSSR count). The molecule has 4 heteroatoms. The largest absolute Gasteiger partial charge is 0.309 e. The molecule has 3 nitrogen and oxygen atoms in total. The molecule has 0 aliphatic carbocycles. The summed E-state index contributed by atoms with van der Waals surface area (Å²) in [4.78, 5) is 15.4. The Morgan fingerprint density at radius 3 is 2.77 bits per heavy atom. The molecule has 1 aliphatic heterocycles. The number of carbonyl (C=O) groups is 1. The van der Waals surface area contributed by atoms with Crippen LogP contribution in [0.25, 0.3) is 0 Å². The van der Waals surface area contributed by atoms with Gasteiger partial charge in [-0.2, -0.15) is 11.3 Å². The van der Waals surface area contributed by atoms with Crippen molar-refractivity contribution in [2.24, 2.45) is 4.99 Å². The van der Waals surface area contributed by atoms with Crippen LogP contribution in [0.15, 0.2) is 15.8 Å². The molecule has 1 aromatic heterocycles. The number of carbonyl (C=O) groups excluding carboxylic acids is 1. The summed E-state index contributed by atoms with van der Waals surface area (Å²) in [5.41, 5.74) is 2.21. The van der Waals surface area contributed by atoms with Gasteiger partial charge in [-0.05, 0) is 24.8 Å². The van der Waals surface area contributed by atoms with Crippen molar-refractivity contribution >= 4 is 23.1 Å². The molecule has 1 unspecified atom stereocenters. The fraction of sp³-hybridized carbons (Fsp3) is 0.333. The van der Waals surface area contributed by atoms with Crippen LogP contribution in [-0.2, 0) is 4.79 Å². The van der Waals surface area contributed by atoms with Gasteiger partial charge in [0.15, 0.2) is 0 Å². The highest BCUT2D eigenvalue weighted by atomic mass is 32.1. The van der Waals surface area contributed by atoms with E-state index in [0.717, 1.165) is 17.0 Å². The molecule has 2 heterocycles. The number of amidine groups is 1. The molecule has 0 saturated heterocycles. The predicted octanol–water partition coefficient (Wildman–Crippen LogP) is 1.32. The summed E-state index contributed by atoms with van der Waals surface area (Å²) in [5, 5.41) is 6.82. The lowest BCUT2D eigenvalue weighted by molar-refractivity contribution is -0.119. The summed E-state index contributed by atoms with van der Waals surface area (Å²) in [5.74, 6) is 0.705. The maximum Gasteiger partial charge on any atom is 0.250 e. The standard InChI is InChI=1S/C9H10N2OS/c1-5-3-13-4-7(5)8-10-6(2)9(12)11-8/h3-4,6H,1-2H3,(H,10,11,12). The lowest BCUT2D eigenvalue weighted by Crippen LogP contribution is -2.27. The number of nitrogens with zero attached hydrogens (tertiary/aromatic N) is 1. The monoisotopic (exact) mass is 194 g/mol. The Morgan fingerprint density at radius 2 is 2.31 bits per heavy atom. The number of nitrogens with one attached hydrogen (secondary N) is 1. The number of rotatable bonds is 1. The van der Waals surface area contributed by atoms with E-state index in [2.05, 4.69) is 10.3 Å². The molecule has 0 aromatic carbocycles. The Bertz CT molecular complexity index is 381. The Morgan fingerprint density at radius 1 is 1.54 bits per heavy atom. The van der Waals surface area contributed by atoms with Crippen LogP contribution in [0.5, 0.6) is 0 Å². The molecule has 1 atom stereocenters. The van der Waals surface area contributed by atoms with E-state index >= 15 is 0 Å². The summed E-state index contributed by atoms with van der Waals surface area (Å²) < 4.78 is 0. The minimum absolute atomic E-state index is 0.0133. The second kappa shape index (κ2) is 2.96. The van der Waals surface area contributed by atoms with Crippen molar-refractivity contribution in [3.63, 3.8) is 0 Å². The van der Waals surface area contributed by atoms with Crippen LogP contribution < -0.4 is 5.32 Å². The van der Waals surface area contributed by atoms with E-state index in [1.165, 1.54) is 0 Å². The summed E-state index contributed by atoms with van der Waals surface area (Å²) in [6.07, 6.45) is 0. The molecule has 0 spiro atoms. The molecule has 13 heavy (non-hydrogen) atoms. The maximum atomic E-state index is 11.2. The Kier molecular flexibility index (Phi) is 1.92. The molecule has 1 aromatic rings. The third-order valence-corrected chi connectivity index (χ3v) is 2.92. The molecule has 0 saturated carbocycles. The Hall–Kier alpha value is -1.16. The molecule has 1 amide bonds. The van der Waals surface area contributed by atoms with E-state index < -0.39 is 0 Å². The normalized spacial score (nSPS) is 21.5. The molecular formula is C9H10N2OS. The zero-order chi connectivity index (χ0) is 9.42. The van der Waals surface area contributed by atoms with E-state index in [-0.39, 0.29) is 11.9 Å². The SMILES string of the molecule is Cc1cscc1C1=NC(C)C(=O)N1. The van der Waals surface area contributed by atoms with Crippen LogP contribution >= 0.6 is 11.3 Å². The zero-order valence-electron chi connectivity index (χ0n) is 7.50. The van der Waals surface area contributed by atoms with Gasteiger partial charge < -0.3 is 5.32 Å². The van der Waals surface area contributed by atoms with E-state index in [4.69, 9.17) is 0 Å². The van der Waals surface area contributed by atoms with Crippen molar-refractivity contribution in [3.8, 4) is 0 Å². The first kappa shape index (κ1) is 8.44. The lowest BCUT2D eigenvalue weighted by atomic mass is 10.2. The highest BCUT2D eigenvalue weighted by Gasteiger charge is 2.23. The van der Waals surface area contributed by atoms with Gasteiger partial charge in [-0.3, -0.25) is 9.79 Å². The fourth-order valence-corrected chi connectivity index (χ4v) is 2.08. The van der Waals surface area contributed by atoms with E-state index in [0.29, 0.717) is 0 Å². The van der Waals surface area contributed by atoms with Crippen molar-refractivity contribution in [3.05, 3.63) is 21.9 Å². The third-order valence-electron chi connectivity index (χ3n) is 2.05. The second-order valence-corrected chi connectivity index (χ2v) is 3.85. The predicted molar refractivity (Wildman–Crippen MR) is 53.2 cm³/mol. The summed E-state index contributed by atoms with van der Waals surface area (Å²) >= 11 is 1.62. The first-order valence-electron chi connectivity index (χ1n) is 4.10. The molecule has 1 N–H and O–H groups in total. The summed E-state index contributed by atoms with van der Waals surface area (Å²) in [6.45, 7) is 3.81. The van der Waals surface area contributed by atoms with Crippen molar-refractivity contribution in [2.75, 3.05) is 0 Å². The molecule has 0 bridgehead atoms. The number of aliphatic imine (C=N–C) groups is 1. The number of hydrogen-bond donors (Lipinski definition) is 1. The van der Waals surface area contributed by atoms with Gasteiger partial charge in [0.2, 0.25) is 5.91 Å². The highest BCUT2D eigenvalue weighted by molar-refractivity contribution is 7.08. The van der Waals surface area contributed by atoms with Gasteiger partial charge in [0.25, 0.3) is 0 Å².